The third kappa shape index (κ3) is 3.38. The first-order valence-electron chi connectivity index (χ1n) is 6.91. The van der Waals surface area contributed by atoms with Gasteiger partial charge in [-0.15, -0.1) is 0 Å². The maximum Gasteiger partial charge on any atom is 0.271 e. The smallest absolute Gasteiger partial charge is 0.271 e. The summed E-state index contributed by atoms with van der Waals surface area (Å²) in [6, 6.07) is 9.12. The lowest BCUT2D eigenvalue weighted by Gasteiger charge is -2.05. The number of carbonyl (C=O) groups is 1. The van der Waals surface area contributed by atoms with Crippen LogP contribution in [0.3, 0.4) is 0 Å². The lowest BCUT2D eigenvalue weighted by Crippen LogP contribution is -2.25. The van der Waals surface area contributed by atoms with Crippen LogP contribution in [0.4, 0.5) is 5.69 Å². The molecule has 2 aromatic rings. The van der Waals surface area contributed by atoms with Crippen LogP contribution in [0.1, 0.15) is 36.7 Å². The molecular weight excluding hydrogens is 252 g/mol. The monoisotopic (exact) mass is 272 g/mol. The second-order valence-electron chi connectivity index (χ2n) is 4.67. The Hall–Kier alpha value is -2.30. The number of hydrogen-bond acceptors (Lipinski definition) is 3. The largest absolute Gasteiger partial charge is 0.397 e. The van der Waals surface area contributed by atoms with E-state index in [9.17, 15) is 4.79 Å². The standard InChI is InChI=1S/C15H20N4O/c1-2-3-6-10-17-15(20)13-9-11-19(18-13)14-8-5-4-7-12(14)16/h4-5,7-9,11H,2-3,6,10,16H2,1H3,(H,17,20). The van der Waals surface area contributed by atoms with Gasteiger partial charge in [-0.3, -0.25) is 4.79 Å². The van der Waals surface area contributed by atoms with Gasteiger partial charge in [0.05, 0.1) is 11.4 Å². The zero-order valence-electron chi connectivity index (χ0n) is 11.7. The van der Waals surface area contributed by atoms with Crippen molar-refractivity contribution in [1.82, 2.24) is 15.1 Å². The molecule has 2 rings (SSSR count). The van der Waals surface area contributed by atoms with Crippen molar-refractivity contribution in [3.63, 3.8) is 0 Å². The lowest BCUT2D eigenvalue weighted by atomic mass is 10.2. The molecule has 0 fully saturated rings. The number of nitrogens with one attached hydrogen (secondary N) is 1. The molecule has 20 heavy (non-hydrogen) atoms. The number of rotatable bonds is 6. The Kier molecular flexibility index (Phi) is 4.76. The molecular formula is C15H20N4O. The number of amides is 1. The van der Waals surface area contributed by atoms with Crippen LogP contribution in [-0.4, -0.2) is 22.2 Å². The predicted molar refractivity (Wildman–Crippen MR) is 79.8 cm³/mol. The molecule has 1 amide bonds. The number of benzene rings is 1. The first-order chi connectivity index (χ1) is 9.72. The molecule has 0 radical (unpaired) electrons. The number of nitrogens with zero attached hydrogens (tertiary/aromatic N) is 2. The fraction of sp³-hybridized carbons (Fsp3) is 0.333. The number of hydrogen-bond donors (Lipinski definition) is 2. The second-order valence-corrected chi connectivity index (χ2v) is 4.67. The summed E-state index contributed by atoms with van der Waals surface area (Å²) in [6.07, 6.45) is 4.99. The van der Waals surface area contributed by atoms with Crippen LogP contribution in [0.5, 0.6) is 0 Å². The van der Waals surface area contributed by atoms with Crippen LogP contribution in [0.25, 0.3) is 5.69 Å². The summed E-state index contributed by atoms with van der Waals surface area (Å²) in [6.45, 7) is 2.82. The Morgan fingerprint density at radius 1 is 1.30 bits per heavy atom. The molecule has 0 aliphatic carbocycles. The summed E-state index contributed by atoms with van der Waals surface area (Å²) in [5.41, 5.74) is 7.70. The highest BCUT2D eigenvalue weighted by atomic mass is 16.1. The molecule has 1 aromatic heterocycles. The molecule has 0 spiro atoms. The first-order valence-corrected chi connectivity index (χ1v) is 6.91. The van der Waals surface area contributed by atoms with Crippen molar-refractivity contribution >= 4 is 11.6 Å². The van der Waals surface area contributed by atoms with E-state index in [1.54, 1.807) is 16.9 Å². The summed E-state index contributed by atoms with van der Waals surface area (Å²) < 4.78 is 1.62. The normalized spacial score (nSPS) is 10.4. The highest BCUT2D eigenvalue weighted by Gasteiger charge is 2.10. The van der Waals surface area contributed by atoms with Gasteiger partial charge >= 0.3 is 0 Å². The van der Waals surface area contributed by atoms with E-state index in [1.165, 1.54) is 0 Å². The fourth-order valence-corrected chi connectivity index (χ4v) is 1.94. The van der Waals surface area contributed by atoms with Crippen LogP contribution in [0.15, 0.2) is 36.5 Å². The molecule has 106 valence electrons. The second kappa shape index (κ2) is 6.75. The zero-order valence-corrected chi connectivity index (χ0v) is 11.7. The van der Waals surface area contributed by atoms with Gasteiger partial charge in [0, 0.05) is 12.7 Å². The Morgan fingerprint density at radius 3 is 2.85 bits per heavy atom. The Labute approximate surface area is 118 Å². The van der Waals surface area contributed by atoms with Crippen LogP contribution in [0, 0.1) is 0 Å². The Morgan fingerprint density at radius 2 is 2.10 bits per heavy atom. The van der Waals surface area contributed by atoms with Crippen molar-refractivity contribution in [1.29, 1.82) is 0 Å². The van der Waals surface area contributed by atoms with E-state index >= 15 is 0 Å². The highest BCUT2D eigenvalue weighted by molar-refractivity contribution is 5.92. The molecule has 0 aliphatic heterocycles. The van der Waals surface area contributed by atoms with Crippen LogP contribution in [0.2, 0.25) is 0 Å². The fourth-order valence-electron chi connectivity index (χ4n) is 1.94. The molecule has 0 aliphatic rings. The minimum absolute atomic E-state index is 0.144. The molecule has 1 aromatic carbocycles. The van der Waals surface area contributed by atoms with Crippen molar-refractivity contribution in [2.45, 2.75) is 26.2 Å². The summed E-state index contributed by atoms with van der Waals surface area (Å²) in [5, 5.41) is 7.13. The molecule has 3 N–H and O–H groups in total. The van der Waals surface area contributed by atoms with E-state index in [0.717, 1.165) is 24.9 Å². The molecule has 0 saturated heterocycles. The summed E-state index contributed by atoms with van der Waals surface area (Å²) in [4.78, 5) is 11.9. The quantitative estimate of drug-likeness (QED) is 0.626. The lowest BCUT2D eigenvalue weighted by molar-refractivity contribution is 0.0947. The molecule has 1 heterocycles. The van der Waals surface area contributed by atoms with Crippen molar-refractivity contribution in [2.75, 3.05) is 12.3 Å². The van der Waals surface area contributed by atoms with Crippen molar-refractivity contribution in [3.05, 3.63) is 42.2 Å². The summed E-state index contributed by atoms with van der Waals surface area (Å²) >= 11 is 0. The average molecular weight is 272 g/mol. The van der Waals surface area contributed by atoms with Crippen LogP contribution >= 0.6 is 0 Å². The maximum atomic E-state index is 11.9. The Bertz CT molecular complexity index is 577. The molecule has 0 atom stereocenters. The van der Waals surface area contributed by atoms with Gasteiger partial charge in [-0.25, -0.2) is 4.68 Å². The number of anilines is 1. The molecule has 5 heteroatoms. The van der Waals surface area contributed by atoms with Gasteiger partial charge in [-0.2, -0.15) is 5.10 Å². The Balaban J connectivity index is 2.02. The topological polar surface area (TPSA) is 72.9 Å². The van der Waals surface area contributed by atoms with Gasteiger partial charge in [0.15, 0.2) is 5.69 Å². The minimum Gasteiger partial charge on any atom is -0.397 e. The summed E-state index contributed by atoms with van der Waals surface area (Å²) in [5.74, 6) is -0.144. The third-order valence-electron chi connectivity index (χ3n) is 3.07. The van der Waals surface area contributed by atoms with E-state index in [1.807, 2.05) is 24.3 Å². The number of nitrogens with two attached hydrogens (primary N) is 1. The maximum absolute atomic E-state index is 11.9. The predicted octanol–water partition coefficient (Wildman–Crippen LogP) is 2.37. The zero-order chi connectivity index (χ0) is 14.4. The minimum atomic E-state index is -0.144. The van der Waals surface area contributed by atoms with E-state index in [4.69, 9.17) is 5.73 Å². The van der Waals surface area contributed by atoms with Gasteiger partial charge in [0.25, 0.3) is 5.91 Å². The van der Waals surface area contributed by atoms with Gasteiger partial charge < -0.3 is 11.1 Å². The molecule has 0 saturated carbocycles. The third-order valence-corrected chi connectivity index (χ3v) is 3.07. The number of nitrogen functional groups attached to an aromatic ring is 1. The average Bonchev–Trinajstić information content (AvgIpc) is 2.93. The molecule has 0 unspecified atom stereocenters. The van der Waals surface area contributed by atoms with Crippen molar-refractivity contribution in [2.24, 2.45) is 0 Å². The van der Waals surface area contributed by atoms with Crippen LogP contribution < -0.4 is 11.1 Å². The molecule has 0 bridgehead atoms. The van der Waals surface area contributed by atoms with Gasteiger partial charge in [0.1, 0.15) is 0 Å². The SMILES string of the molecule is CCCCCNC(=O)c1ccn(-c2ccccc2N)n1. The van der Waals surface area contributed by atoms with Gasteiger partial charge in [0.2, 0.25) is 0 Å². The first kappa shape index (κ1) is 14.1. The van der Waals surface area contributed by atoms with Gasteiger partial charge in [-0.1, -0.05) is 31.9 Å². The van der Waals surface area contributed by atoms with E-state index in [-0.39, 0.29) is 5.91 Å². The molecule has 5 nitrogen and oxygen atoms in total. The van der Waals surface area contributed by atoms with Crippen molar-refractivity contribution < 1.29 is 4.79 Å². The number of aromatic nitrogens is 2. The summed E-state index contributed by atoms with van der Waals surface area (Å²) in [7, 11) is 0. The highest BCUT2D eigenvalue weighted by Crippen LogP contribution is 2.15. The van der Waals surface area contributed by atoms with Crippen molar-refractivity contribution in [3.8, 4) is 5.69 Å². The van der Waals surface area contributed by atoms with E-state index in [0.29, 0.717) is 17.9 Å². The number of carbonyl (C=O) groups excluding carboxylic acids is 1. The van der Waals surface area contributed by atoms with Gasteiger partial charge in [-0.05, 0) is 24.6 Å². The van der Waals surface area contributed by atoms with E-state index in [2.05, 4.69) is 17.3 Å². The number of unbranched alkanes of at least 4 members (excludes halogenated alkanes) is 2. The number of para-hydroxylation sites is 2. The van der Waals surface area contributed by atoms with Crippen LogP contribution in [-0.2, 0) is 0 Å². The van der Waals surface area contributed by atoms with E-state index < -0.39 is 0 Å².